The Labute approximate surface area is 95.0 Å². The highest BCUT2D eigenvalue weighted by Crippen LogP contribution is 1.97. The molecule has 0 saturated carbocycles. The highest BCUT2D eigenvalue weighted by molar-refractivity contribution is 6.79. The van der Waals surface area contributed by atoms with E-state index in [9.17, 15) is 0 Å². The third-order valence-corrected chi connectivity index (χ3v) is 14.5. The van der Waals surface area contributed by atoms with Crippen molar-refractivity contribution in [2.75, 3.05) is 0 Å². The van der Waals surface area contributed by atoms with E-state index >= 15 is 0 Å². The van der Waals surface area contributed by atoms with E-state index in [0.717, 1.165) is 0 Å². The second-order valence-corrected chi connectivity index (χ2v) is 14.6. The molecule has 0 aromatic rings. The van der Waals surface area contributed by atoms with Gasteiger partial charge in [-0.3, -0.25) is 10.5 Å². The lowest BCUT2D eigenvalue weighted by Crippen LogP contribution is -2.57. The second-order valence-electron chi connectivity index (χ2n) is 5.41. The molecule has 2 N–H and O–H groups in total. The van der Waals surface area contributed by atoms with Gasteiger partial charge < -0.3 is 3.90 Å². The molecule has 0 rings (SSSR count). The van der Waals surface area contributed by atoms with Gasteiger partial charge in [-0.15, -0.1) is 0 Å². The van der Waals surface area contributed by atoms with Crippen LogP contribution in [0.2, 0.25) is 26.2 Å². The molecule has 86 valence electrons. The Balaban J connectivity index is 3.84. The first kappa shape index (κ1) is 14.5. The Morgan fingerprint density at radius 1 is 1.00 bits per heavy atom. The molecule has 0 unspecified atom stereocenters. The zero-order chi connectivity index (χ0) is 11.4. The predicted molar refractivity (Wildman–Crippen MR) is 74.2 cm³/mol. The van der Waals surface area contributed by atoms with Crippen molar-refractivity contribution < 1.29 is 0 Å². The molecule has 14 heavy (non-hydrogen) atoms. The van der Waals surface area contributed by atoms with Crippen LogP contribution in [-0.2, 0) is 0 Å². The smallest absolute Gasteiger partial charge is 0.171 e. The molecule has 0 bridgehead atoms. The first-order chi connectivity index (χ1) is 6.24. The van der Waals surface area contributed by atoms with E-state index in [1.165, 1.54) is 0 Å². The Kier molecular flexibility index (Phi) is 6.42. The number of rotatable bonds is 5. The van der Waals surface area contributed by atoms with Crippen LogP contribution in [0.5, 0.6) is 0 Å². The summed E-state index contributed by atoms with van der Waals surface area (Å²) in [6.45, 7) is 16.3. The van der Waals surface area contributed by atoms with Crippen LogP contribution in [0.3, 0.4) is 0 Å². The first-order valence-electron chi connectivity index (χ1n) is 5.50. The van der Waals surface area contributed by atoms with Crippen LogP contribution in [0.15, 0.2) is 0 Å². The molecule has 0 aliphatic carbocycles. The highest BCUT2D eigenvalue weighted by atomic mass is 28.4. The maximum absolute atomic E-state index is 3.47. The van der Waals surface area contributed by atoms with Gasteiger partial charge >= 0.3 is 0 Å². The van der Waals surface area contributed by atoms with Gasteiger partial charge in [-0.05, 0) is 20.8 Å². The van der Waals surface area contributed by atoms with Gasteiger partial charge in [0.05, 0.1) is 17.9 Å². The second kappa shape index (κ2) is 6.19. The van der Waals surface area contributed by atoms with Crippen molar-refractivity contribution in [3.8, 4) is 0 Å². The van der Waals surface area contributed by atoms with Gasteiger partial charge in [0, 0.05) is 5.54 Å². The van der Waals surface area contributed by atoms with Crippen LogP contribution in [-0.4, -0.2) is 37.2 Å². The molecule has 6 heteroatoms. The first-order valence-corrected chi connectivity index (χ1v) is 12.5. The monoisotopic (exact) mass is 249 g/mol. The van der Waals surface area contributed by atoms with E-state index in [1.807, 2.05) is 0 Å². The standard InChI is InChI=1S/C8H27N3Si3/c1-8(2,3)9-10-12-11(13(4)5)14(6)7/h9-10,13-14H,12H2,1-7H3. The van der Waals surface area contributed by atoms with Gasteiger partial charge in [-0.25, -0.2) is 0 Å². The molecular weight excluding hydrogens is 222 g/mol. The number of hydrogen-bond acceptors (Lipinski definition) is 3. The Bertz CT molecular complexity index is 148. The van der Waals surface area contributed by atoms with Gasteiger partial charge in [-0.2, -0.15) is 0 Å². The van der Waals surface area contributed by atoms with E-state index in [-0.39, 0.29) is 15.4 Å². The van der Waals surface area contributed by atoms with Crippen molar-refractivity contribution in [1.29, 1.82) is 0 Å². The van der Waals surface area contributed by atoms with Gasteiger partial charge in [-0.1, -0.05) is 26.2 Å². The molecule has 0 aromatic heterocycles. The van der Waals surface area contributed by atoms with Crippen LogP contribution in [0, 0.1) is 0 Å². The van der Waals surface area contributed by atoms with Crippen molar-refractivity contribution in [3.63, 3.8) is 0 Å². The topological polar surface area (TPSA) is 27.3 Å². The average molecular weight is 250 g/mol. The van der Waals surface area contributed by atoms with E-state index in [2.05, 4.69) is 61.4 Å². The van der Waals surface area contributed by atoms with Crippen molar-refractivity contribution in [2.24, 2.45) is 0 Å². The Morgan fingerprint density at radius 3 is 1.71 bits per heavy atom. The molecular formula is C8H27N3Si3. The Hall–Kier alpha value is 0.531. The van der Waals surface area contributed by atoms with Crippen LogP contribution in [0.25, 0.3) is 0 Å². The third kappa shape index (κ3) is 6.91. The van der Waals surface area contributed by atoms with Crippen molar-refractivity contribution >= 4 is 27.8 Å². The summed E-state index contributed by atoms with van der Waals surface area (Å²) in [5.41, 5.74) is 3.57. The summed E-state index contributed by atoms with van der Waals surface area (Å²) in [5, 5.41) is 3.47. The molecule has 0 amide bonds. The minimum absolute atomic E-state index is 0.190. The largest absolute Gasteiger partial charge is 0.365 e. The SMILES string of the molecule is C[SiH](C)N([SiH2]NNC(C)(C)C)[SiH](C)C. The molecule has 0 heterocycles. The average Bonchev–Trinajstić information content (AvgIpc) is 1.94. The lowest BCUT2D eigenvalue weighted by molar-refractivity contribution is 0.407. The van der Waals surface area contributed by atoms with Crippen LogP contribution >= 0.6 is 0 Å². The summed E-state index contributed by atoms with van der Waals surface area (Å²) in [7, 11) is -1.40. The normalized spacial score (nSPS) is 14.1. The maximum Gasteiger partial charge on any atom is 0.171 e. The summed E-state index contributed by atoms with van der Waals surface area (Å²) < 4.78 is 2.82. The molecule has 0 saturated heterocycles. The summed E-state index contributed by atoms with van der Waals surface area (Å²) in [6, 6.07) is 0. The number of nitrogens with one attached hydrogen (secondary N) is 2. The molecule has 0 spiro atoms. The predicted octanol–water partition coefficient (Wildman–Crippen LogP) is 0.147. The summed E-state index contributed by atoms with van der Waals surface area (Å²) in [5.74, 6) is 0. The fourth-order valence-corrected chi connectivity index (χ4v) is 10.4. The minimum Gasteiger partial charge on any atom is -0.365 e. The van der Waals surface area contributed by atoms with Gasteiger partial charge in [0.15, 0.2) is 9.84 Å². The molecule has 3 nitrogen and oxygen atoms in total. The lowest BCUT2D eigenvalue weighted by Gasteiger charge is -2.31. The lowest BCUT2D eigenvalue weighted by atomic mass is 10.1. The van der Waals surface area contributed by atoms with Crippen molar-refractivity contribution in [3.05, 3.63) is 0 Å². The van der Waals surface area contributed by atoms with Crippen LogP contribution in [0.4, 0.5) is 0 Å². The van der Waals surface area contributed by atoms with Crippen LogP contribution < -0.4 is 10.5 Å². The summed E-state index contributed by atoms with van der Waals surface area (Å²) >= 11 is 0. The summed E-state index contributed by atoms with van der Waals surface area (Å²) in [6.07, 6.45) is 0. The minimum atomic E-state index is -0.575. The van der Waals surface area contributed by atoms with E-state index in [1.54, 1.807) is 0 Å². The van der Waals surface area contributed by atoms with Crippen LogP contribution in [0.1, 0.15) is 20.8 Å². The quantitative estimate of drug-likeness (QED) is 0.536. The zero-order valence-corrected chi connectivity index (χ0v) is 14.5. The molecule has 0 radical (unpaired) electrons. The van der Waals surface area contributed by atoms with E-state index < -0.39 is 17.9 Å². The highest BCUT2D eigenvalue weighted by Gasteiger charge is 2.15. The molecule has 0 aliphatic heterocycles. The van der Waals surface area contributed by atoms with Gasteiger partial charge in [0.2, 0.25) is 0 Å². The van der Waals surface area contributed by atoms with Crippen molar-refractivity contribution in [1.82, 2.24) is 14.4 Å². The molecule has 0 aromatic carbocycles. The number of hydrazine groups is 1. The van der Waals surface area contributed by atoms with E-state index in [4.69, 9.17) is 0 Å². The fourth-order valence-electron chi connectivity index (χ4n) is 1.36. The summed E-state index contributed by atoms with van der Waals surface area (Å²) in [4.78, 5) is 0. The molecule has 0 atom stereocenters. The van der Waals surface area contributed by atoms with E-state index in [0.29, 0.717) is 0 Å². The van der Waals surface area contributed by atoms with Gasteiger partial charge in [0.1, 0.15) is 0 Å². The molecule has 0 fully saturated rings. The maximum atomic E-state index is 3.47. The van der Waals surface area contributed by atoms with Crippen molar-refractivity contribution in [2.45, 2.75) is 52.5 Å². The zero-order valence-electron chi connectivity index (χ0n) is 10.8. The fraction of sp³-hybridized carbons (Fsp3) is 1.00. The molecule has 0 aliphatic rings. The Morgan fingerprint density at radius 2 is 1.43 bits per heavy atom. The van der Waals surface area contributed by atoms with Gasteiger partial charge in [0.25, 0.3) is 0 Å². The number of hydrogen-bond donors (Lipinski definition) is 2. The number of nitrogens with zero attached hydrogens (tertiary/aromatic N) is 1. The third-order valence-electron chi connectivity index (χ3n) is 2.05.